The number of aliphatic hydroxyl groups is 17. The fraction of sp³-hybridized carbons (Fsp3) is 0.976. The maximum Gasteiger partial charge on any atom is 0.233 e. The number of nitrogens with one attached hydrogen (secondary N) is 1. The highest BCUT2D eigenvalue weighted by Crippen LogP contribution is 2.36. The monoisotopic (exact) mass is 1170 g/mol. The fourth-order valence-electron chi connectivity index (χ4n) is 9.22. The summed E-state index contributed by atoms with van der Waals surface area (Å²) in [5, 5.41) is 183. The third-order valence-corrected chi connectivity index (χ3v) is 14.3. The lowest BCUT2D eigenvalue weighted by Crippen LogP contribution is -2.67. The van der Waals surface area contributed by atoms with Crippen molar-refractivity contribution in [3.63, 3.8) is 0 Å². The van der Waals surface area contributed by atoms with Gasteiger partial charge < -0.3 is 163 Å². The molecule has 0 spiro atoms. The molecule has 0 aromatic heterocycles. The average molecular weight is 1170 g/mol. The summed E-state index contributed by atoms with van der Waals surface area (Å²) in [4.78, 5) is 34.1. The van der Waals surface area contributed by atoms with Gasteiger partial charge in [0.2, 0.25) is 5.91 Å². The van der Waals surface area contributed by atoms with Crippen LogP contribution in [0.4, 0.5) is 0 Å². The number of carbonyl (C=O) groups is 1. The summed E-state index contributed by atoms with van der Waals surface area (Å²) < 4.78 is 83.5. The molecule has 6 rings (SSSR count). The summed E-state index contributed by atoms with van der Waals surface area (Å²) in [6, 6.07) is 0. The number of ether oxygens (including phenoxy) is 12. The van der Waals surface area contributed by atoms with E-state index in [-0.39, 0.29) is 25.9 Å². The van der Waals surface area contributed by atoms with Crippen LogP contribution in [0.2, 0.25) is 0 Å². The van der Waals surface area contributed by atoms with Gasteiger partial charge >= 0.3 is 0 Å². The van der Waals surface area contributed by atoms with Gasteiger partial charge in [-0.05, 0) is 12.8 Å². The Hall–Kier alpha value is -1.62. The molecule has 6 fully saturated rings. The molecule has 78 heavy (non-hydrogen) atoms. The van der Waals surface area contributed by atoms with E-state index < -0.39 is 231 Å². The molecule has 0 bridgehead atoms. The first-order valence-corrected chi connectivity index (χ1v) is 26.1. The van der Waals surface area contributed by atoms with Gasteiger partial charge in [0, 0.05) is 6.42 Å². The normalized spacial score (nSPS) is 47.7. The van der Waals surface area contributed by atoms with Crippen molar-refractivity contribution in [2.45, 2.75) is 210 Å². The van der Waals surface area contributed by atoms with Gasteiger partial charge in [-0.1, -0.05) is 6.92 Å². The number of phosphoric acid groups is 1. The van der Waals surface area contributed by atoms with E-state index in [0.717, 1.165) is 0 Å². The summed E-state index contributed by atoms with van der Waals surface area (Å²) in [5.41, 5.74) is 1.90. The molecule has 12 unspecified atom stereocenters. The highest BCUT2D eigenvalue weighted by atomic mass is 31.2. The number of carbonyl (C=O) groups excluding carboxylic acids is 1. The van der Waals surface area contributed by atoms with Crippen LogP contribution < -0.4 is 21.1 Å². The molecule has 0 saturated carbocycles. The Bertz CT molecular complexity index is 1890. The SMILES string of the molecule is CCC1O[C@@H](OC2[C@H](OCC3O[C@@H](OCC4O[C@@H](OCCCC(=O)NN)C(O)[C@@H](O[C@@H]5OC(CO)[C@H](O)[C@H](O)C5O[C@@H]5OC(COP(=O)([O-])[O-])[C@H](O)[C@H](O)C5O)[C@H]4O)C(O)[C@@H](O)[C@H]3O)OC(CO)[C@H](O)[C@@H]2O)C(O)[C@@H](O)[C@H]1O. The molecule has 456 valence electrons. The van der Waals surface area contributed by atoms with Crippen LogP contribution in [0.1, 0.15) is 26.2 Å². The van der Waals surface area contributed by atoms with Crippen molar-refractivity contribution in [3.05, 3.63) is 0 Å². The molecule has 0 radical (unpaired) electrons. The van der Waals surface area contributed by atoms with Crippen LogP contribution >= 0.6 is 7.82 Å². The van der Waals surface area contributed by atoms with Gasteiger partial charge in [0.15, 0.2) is 37.7 Å². The molecule has 0 aliphatic carbocycles. The van der Waals surface area contributed by atoms with Gasteiger partial charge in [0.05, 0.1) is 53.6 Å². The summed E-state index contributed by atoms with van der Waals surface area (Å²) in [5.74, 6) is 4.51. The first-order chi connectivity index (χ1) is 36.8. The van der Waals surface area contributed by atoms with E-state index >= 15 is 0 Å². The van der Waals surface area contributed by atoms with Crippen molar-refractivity contribution in [3.8, 4) is 0 Å². The van der Waals surface area contributed by atoms with Crippen LogP contribution in [-0.4, -0.2) is 317 Å². The maximum absolute atomic E-state index is 11.8. The molecule has 6 saturated heterocycles. The third kappa shape index (κ3) is 15.4. The summed E-state index contributed by atoms with van der Waals surface area (Å²) in [7, 11) is -5.70. The zero-order chi connectivity index (χ0) is 57.7. The average Bonchev–Trinajstić information content (AvgIpc) is 3.41. The van der Waals surface area contributed by atoms with Gasteiger partial charge in [-0.2, -0.15) is 0 Å². The summed E-state index contributed by atoms with van der Waals surface area (Å²) in [6.07, 6.45) is -57.9. The predicted octanol–water partition coefficient (Wildman–Crippen LogP) is -14.0. The number of amides is 1. The molecule has 20 N–H and O–H groups in total. The Morgan fingerprint density at radius 1 is 0.462 bits per heavy atom. The second-order valence-electron chi connectivity index (χ2n) is 19.1. The zero-order valence-corrected chi connectivity index (χ0v) is 42.1. The molecule has 36 nitrogen and oxygen atoms in total. The molecule has 6 aliphatic heterocycles. The van der Waals surface area contributed by atoms with Crippen molar-refractivity contribution in [1.82, 2.24) is 5.43 Å². The Labute approximate surface area is 441 Å². The van der Waals surface area contributed by atoms with Crippen LogP contribution in [0.15, 0.2) is 0 Å². The van der Waals surface area contributed by atoms with Gasteiger partial charge in [-0.25, -0.2) is 5.84 Å². The molecule has 0 aromatic rings. The van der Waals surface area contributed by atoms with E-state index in [9.17, 15) is 106 Å². The molecular weight excluding hydrogens is 1100 g/mol. The lowest BCUT2D eigenvalue weighted by atomic mass is 9.96. The van der Waals surface area contributed by atoms with Gasteiger partial charge in [-0.3, -0.25) is 10.2 Å². The van der Waals surface area contributed by atoms with Crippen LogP contribution in [0.5, 0.6) is 0 Å². The first-order valence-electron chi connectivity index (χ1n) is 24.6. The van der Waals surface area contributed by atoms with Crippen molar-refractivity contribution >= 4 is 13.7 Å². The molecule has 30 atom stereocenters. The van der Waals surface area contributed by atoms with Crippen LogP contribution in [-0.2, 0) is 70.7 Å². The minimum absolute atomic E-state index is 0.0557. The minimum atomic E-state index is -5.70. The number of hydrogen-bond donors (Lipinski definition) is 19. The van der Waals surface area contributed by atoms with E-state index in [2.05, 4.69) is 4.52 Å². The fourth-order valence-corrected chi connectivity index (χ4v) is 9.55. The largest absolute Gasteiger partial charge is 0.790 e. The smallest absolute Gasteiger partial charge is 0.233 e. The quantitative estimate of drug-likeness (QED) is 0.0148. The molecular formula is C41H71N2O34P-2. The van der Waals surface area contributed by atoms with E-state index in [4.69, 9.17) is 62.7 Å². The number of aliphatic hydroxyl groups excluding tert-OH is 17. The van der Waals surface area contributed by atoms with Crippen molar-refractivity contribution in [1.29, 1.82) is 0 Å². The number of hydrogen-bond acceptors (Lipinski definition) is 35. The lowest BCUT2D eigenvalue weighted by molar-refractivity contribution is -0.392. The minimum Gasteiger partial charge on any atom is -0.790 e. The number of rotatable bonds is 23. The summed E-state index contributed by atoms with van der Waals surface area (Å²) in [6.45, 7) is -3.66. The highest BCUT2D eigenvalue weighted by Gasteiger charge is 2.56. The highest BCUT2D eigenvalue weighted by molar-refractivity contribution is 7.43. The molecule has 0 aromatic carbocycles. The van der Waals surface area contributed by atoms with Crippen LogP contribution in [0.3, 0.4) is 0 Å². The number of phosphoric ester groups is 1. The van der Waals surface area contributed by atoms with E-state index in [1.807, 2.05) is 5.43 Å². The maximum atomic E-state index is 11.8. The third-order valence-electron chi connectivity index (χ3n) is 13.8. The Kier molecular flexibility index (Phi) is 24.2. The first kappa shape index (κ1) is 65.5. The molecule has 37 heteroatoms. The summed E-state index contributed by atoms with van der Waals surface area (Å²) >= 11 is 0. The van der Waals surface area contributed by atoms with Crippen molar-refractivity contribution < 1.29 is 167 Å². The van der Waals surface area contributed by atoms with E-state index in [1.54, 1.807) is 6.92 Å². The standard InChI is InChI=1S/C41H73N2O34P/c1-2-11-18(47)24(53)30(59)38(69-11)76-34-27(56)19(48)12(6-44)70-40(34)67-8-14-21(50)25(54)29(58)36(72-14)66-9-15-23(52)33(32(61)37(73-15)65-5-3-4-17(46)43-42)75-41-35(28(57)20(49)13(7-45)71-41)77-39-31(60)26(55)22(51)16(74-39)10-68-78(62,63)64/h11-16,18-41,44-45,47-61H,2-10,42H2,1H3,(H,43,46)(H2,62,63,64)/p-2/t11?,12?,13?,14?,15?,16?,18-,19-,20-,21-,22-,23-,24-,25-,26-,27-,28-,29?,30?,31?,32?,33-,34?,35?,36+,37+,38-,39-,40+,41-/m0/s1. The number of nitrogens with two attached hydrogens (primary N) is 1. The molecule has 1 amide bonds. The Balaban J connectivity index is 1.19. The zero-order valence-electron chi connectivity index (χ0n) is 41.3. The Morgan fingerprint density at radius 2 is 0.846 bits per heavy atom. The second kappa shape index (κ2) is 28.8. The lowest BCUT2D eigenvalue weighted by Gasteiger charge is -2.49. The van der Waals surface area contributed by atoms with Gasteiger partial charge in [0.1, 0.15) is 140 Å². The van der Waals surface area contributed by atoms with Crippen molar-refractivity contribution in [2.24, 2.45) is 5.84 Å². The van der Waals surface area contributed by atoms with Crippen LogP contribution in [0, 0.1) is 0 Å². The number of hydrazine groups is 1. The van der Waals surface area contributed by atoms with Crippen molar-refractivity contribution in [2.75, 3.05) is 39.6 Å². The van der Waals surface area contributed by atoms with Gasteiger partial charge in [-0.15, -0.1) is 0 Å². The topological polar surface area (TPSA) is 582 Å². The van der Waals surface area contributed by atoms with E-state index in [1.165, 1.54) is 0 Å². The Morgan fingerprint density at radius 3 is 1.35 bits per heavy atom. The molecule has 6 heterocycles. The predicted molar refractivity (Wildman–Crippen MR) is 234 cm³/mol. The second-order valence-corrected chi connectivity index (χ2v) is 20.3. The molecule has 6 aliphatic rings. The van der Waals surface area contributed by atoms with Crippen LogP contribution in [0.25, 0.3) is 0 Å². The van der Waals surface area contributed by atoms with Gasteiger partial charge in [0.25, 0.3) is 0 Å². The van der Waals surface area contributed by atoms with E-state index in [0.29, 0.717) is 0 Å².